The van der Waals surface area contributed by atoms with E-state index in [1.54, 1.807) is 29.2 Å². The summed E-state index contributed by atoms with van der Waals surface area (Å²) >= 11 is 0. The maximum Gasteiger partial charge on any atom is 0.252 e. The molecule has 1 aromatic rings. The molecule has 190 valence electrons. The Morgan fingerprint density at radius 2 is 1.89 bits per heavy atom. The molecule has 0 radical (unpaired) electrons. The minimum atomic E-state index is -0.785. The van der Waals surface area contributed by atoms with Gasteiger partial charge in [-0.1, -0.05) is 62.1 Å². The molecule has 7 heteroatoms. The van der Waals surface area contributed by atoms with Crippen molar-refractivity contribution < 1.29 is 14.4 Å². The van der Waals surface area contributed by atoms with Gasteiger partial charge in [0.2, 0.25) is 11.8 Å². The molecule has 0 aromatic heterocycles. The van der Waals surface area contributed by atoms with Crippen molar-refractivity contribution in [2.45, 2.75) is 57.8 Å². The Balaban J connectivity index is 2.17. The van der Waals surface area contributed by atoms with E-state index in [2.05, 4.69) is 31.7 Å². The Kier molecular flexibility index (Phi) is 10.5. The van der Waals surface area contributed by atoms with Gasteiger partial charge in [0, 0.05) is 18.7 Å². The number of allylic oxidation sites excluding steroid dienone is 3. The Bertz CT molecular complexity index is 1100. The lowest BCUT2D eigenvalue weighted by atomic mass is 9.98. The molecule has 0 bridgehead atoms. The monoisotopic (exact) mass is 505 g/mol. The molecule has 2 rings (SSSR count). The topological polar surface area (TPSA) is 78.5 Å². The van der Waals surface area contributed by atoms with Gasteiger partial charge in [-0.3, -0.25) is 14.4 Å². The van der Waals surface area contributed by atoms with Crippen molar-refractivity contribution in [3.63, 3.8) is 0 Å². The van der Waals surface area contributed by atoms with Crippen molar-refractivity contribution in [3.05, 3.63) is 59.2 Å². The summed E-state index contributed by atoms with van der Waals surface area (Å²) in [6.45, 7) is 8.25. The normalized spacial score (nSPS) is 18.6. The summed E-state index contributed by atoms with van der Waals surface area (Å²) in [7, 11) is 2.72. The first-order valence-corrected chi connectivity index (χ1v) is 12.5. The largest absolute Gasteiger partial charge is 0.352 e. The number of hydrogen-bond acceptors (Lipinski definition) is 3. The number of rotatable bonds is 9. The minimum absolute atomic E-state index is 0.168. The molecule has 2 N–H and O–H groups in total. The summed E-state index contributed by atoms with van der Waals surface area (Å²) in [5.74, 6) is 3.87. The summed E-state index contributed by atoms with van der Waals surface area (Å²) in [6.07, 6.45) is 18.5. The van der Waals surface area contributed by atoms with Gasteiger partial charge in [-0.25, -0.2) is 0 Å². The number of likely N-dealkylation sites (tertiary alicyclic amines) is 1. The lowest BCUT2D eigenvalue weighted by molar-refractivity contribution is -0.133. The smallest absolute Gasteiger partial charge is 0.252 e. The number of aryl methyl sites for hydroxylation is 2. The summed E-state index contributed by atoms with van der Waals surface area (Å²) in [4.78, 5) is 41.2. The quantitative estimate of drug-likeness (QED) is 0.308. The van der Waals surface area contributed by atoms with Crippen LogP contribution in [0.3, 0.4) is 0 Å². The number of carbonyl (C=O) groups excluding carboxylic acids is 3. The molecule has 1 aliphatic heterocycles. The number of amides is 3. The van der Waals surface area contributed by atoms with E-state index >= 15 is 0 Å². The van der Waals surface area contributed by atoms with E-state index in [-0.39, 0.29) is 29.4 Å². The molecule has 1 heterocycles. The van der Waals surface area contributed by atoms with Crippen LogP contribution in [0, 0.1) is 44.5 Å². The van der Waals surface area contributed by atoms with Crippen LogP contribution in [0.2, 0.25) is 0 Å². The highest BCUT2D eigenvalue weighted by Gasteiger charge is 2.41. The fraction of sp³-hybridized carbons (Fsp3) is 0.414. The molecule has 0 spiro atoms. The van der Waals surface area contributed by atoms with Gasteiger partial charge in [0.15, 0.2) is 0 Å². The van der Waals surface area contributed by atoms with Gasteiger partial charge in [-0.2, -0.15) is 0 Å². The summed E-state index contributed by atoms with van der Waals surface area (Å²) < 4.78 is 0. The second-order valence-corrected chi connectivity index (χ2v) is 11.4. The van der Waals surface area contributed by atoms with E-state index in [9.17, 15) is 14.4 Å². The van der Waals surface area contributed by atoms with E-state index < -0.39 is 18.0 Å². The van der Waals surface area contributed by atoms with E-state index in [1.807, 2.05) is 45.9 Å². The van der Waals surface area contributed by atoms with Crippen molar-refractivity contribution >= 4 is 27.0 Å². The molecular weight excluding hydrogens is 469 g/mol. The zero-order chi connectivity index (χ0) is 26.9. The van der Waals surface area contributed by atoms with Crippen LogP contribution in [-0.4, -0.2) is 53.0 Å². The van der Waals surface area contributed by atoms with Crippen molar-refractivity contribution in [2.75, 3.05) is 13.1 Å². The molecule has 0 aliphatic carbocycles. The first-order valence-electron chi connectivity index (χ1n) is 12.0. The second-order valence-electron chi connectivity index (χ2n) is 9.79. The Morgan fingerprint density at radius 3 is 2.47 bits per heavy atom. The molecule has 4 atom stereocenters. The molecule has 36 heavy (non-hydrogen) atoms. The maximum atomic E-state index is 13.7. The third-order valence-electron chi connectivity index (χ3n) is 6.02. The number of nitrogens with one attached hydrogen (secondary N) is 2. The molecule has 3 amide bonds. The fourth-order valence-corrected chi connectivity index (χ4v) is 4.55. The van der Waals surface area contributed by atoms with Crippen LogP contribution >= 0.6 is 9.24 Å². The summed E-state index contributed by atoms with van der Waals surface area (Å²) in [5.41, 5.74) is 2.24. The van der Waals surface area contributed by atoms with Crippen molar-refractivity contribution in [1.29, 1.82) is 0 Å². The van der Waals surface area contributed by atoms with Gasteiger partial charge in [0.25, 0.3) is 5.91 Å². The highest BCUT2D eigenvalue weighted by Crippen LogP contribution is 2.28. The third kappa shape index (κ3) is 8.11. The van der Waals surface area contributed by atoms with E-state index in [1.165, 1.54) is 0 Å². The molecule has 4 unspecified atom stereocenters. The average Bonchev–Trinajstić information content (AvgIpc) is 3.24. The predicted molar refractivity (Wildman–Crippen MR) is 148 cm³/mol. The number of nitrogens with zero attached hydrogens (tertiary/aromatic N) is 1. The maximum absolute atomic E-state index is 13.7. The van der Waals surface area contributed by atoms with Gasteiger partial charge < -0.3 is 15.5 Å². The third-order valence-corrected chi connectivity index (χ3v) is 6.26. The second kappa shape index (κ2) is 13.1. The van der Waals surface area contributed by atoms with E-state index in [0.29, 0.717) is 24.9 Å². The van der Waals surface area contributed by atoms with Crippen LogP contribution in [0.25, 0.3) is 0 Å². The highest BCUT2D eigenvalue weighted by atomic mass is 31.0. The van der Waals surface area contributed by atoms with Crippen molar-refractivity contribution in [1.82, 2.24) is 15.5 Å². The van der Waals surface area contributed by atoms with Gasteiger partial charge in [0.1, 0.15) is 6.04 Å². The zero-order valence-corrected chi connectivity index (χ0v) is 22.7. The molecule has 1 aromatic carbocycles. The van der Waals surface area contributed by atoms with E-state index in [4.69, 9.17) is 12.8 Å². The molecular formula is C29H36N3O3P. The first kappa shape index (κ1) is 28.9. The van der Waals surface area contributed by atoms with Crippen molar-refractivity contribution in [3.8, 4) is 24.7 Å². The predicted octanol–water partition coefficient (Wildman–Crippen LogP) is 3.16. The molecule has 1 fully saturated rings. The summed E-state index contributed by atoms with van der Waals surface area (Å²) in [5, 5.41) is 5.49. The van der Waals surface area contributed by atoms with Crippen LogP contribution < -0.4 is 10.6 Å². The number of terminal acetylenes is 2. The van der Waals surface area contributed by atoms with Gasteiger partial charge >= 0.3 is 0 Å². The van der Waals surface area contributed by atoms with Crippen LogP contribution in [0.5, 0.6) is 0 Å². The van der Waals surface area contributed by atoms with Crippen LogP contribution in [-0.2, 0) is 9.59 Å². The molecule has 1 saturated heterocycles. The zero-order valence-electron chi connectivity index (χ0n) is 21.5. The summed E-state index contributed by atoms with van der Waals surface area (Å²) in [6, 6.07) is 4.34. The molecule has 1 aliphatic rings. The minimum Gasteiger partial charge on any atom is -0.352 e. The standard InChI is InChI=1S/C29H36N3O3P/c1-7-9-10-11-12-16-30-26(33)22-17-23(8-2)32(19-22)28(35)24(18-29(5,6)36)31-27(34)25-20(3)14-13-15-21(25)4/h1-2,9-15,22-24H,16-19,36H2,3-6H3,(H,30,33)(H,31,34)/b10-9-,12-11-. The molecule has 0 saturated carbocycles. The molecule has 6 nitrogen and oxygen atoms in total. The number of carbonyl (C=O) groups is 3. The Labute approximate surface area is 217 Å². The van der Waals surface area contributed by atoms with Crippen LogP contribution in [0.1, 0.15) is 48.2 Å². The van der Waals surface area contributed by atoms with E-state index in [0.717, 1.165) is 11.1 Å². The average molecular weight is 506 g/mol. The van der Waals surface area contributed by atoms with Crippen LogP contribution in [0.15, 0.2) is 42.5 Å². The fourth-order valence-electron chi connectivity index (χ4n) is 4.32. The lowest BCUT2D eigenvalue weighted by Crippen LogP contribution is -2.52. The lowest BCUT2D eigenvalue weighted by Gasteiger charge is -2.31. The van der Waals surface area contributed by atoms with Crippen LogP contribution in [0.4, 0.5) is 0 Å². The first-order chi connectivity index (χ1) is 17.0. The Morgan fingerprint density at radius 1 is 1.22 bits per heavy atom. The van der Waals surface area contributed by atoms with Gasteiger partial charge in [-0.15, -0.1) is 22.1 Å². The number of hydrogen-bond donors (Lipinski definition) is 2. The Hall–Kier alpha value is -3.34. The number of benzene rings is 1. The van der Waals surface area contributed by atoms with Gasteiger partial charge in [-0.05, 0) is 49.0 Å². The van der Waals surface area contributed by atoms with Crippen molar-refractivity contribution in [2.24, 2.45) is 5.92 Å². The van der Waals surface area contributed by atoms with Gasteiger partial charge in [0.05, 0.1) is 12.0 Å². The highest BCUT2D eigenvalue weighted by molar-refractivity contribution is 7.18. The SMILES string of the molecule is C#C/C=C\C=C/CNC(=O)C1CC(C#C)N(C(=O)C(CC(C)(C)P)NC(=O)c2c(C)cccc2C)C1.